The van der Waals surface area contributed by atoms with Crippen molar-refractivity contribution in [1.82, 2.24) is 0 Å². The molecule has 0 aromatic heterocycles. The maximum absolute atomic E-state index is 9.85. The molecule has 0 spiro atoms. The van der Waals surface area contributed by atoms with Gasteiger partial charge in [-0.1, -0.05) is 91.9 Å². The third-order valence-electron chi connectivity index (χ3n) is 7.55. The summed E-state index contributed by atoms with van der Waals surface area (Å²) in [5.74, 6) is 0.616. The number of phenols is 1. The number of phenolic OH excluding ortho intramolecular Hbond substituents is 1. The van der Waals surface area contributed by atoms with Crippen molar-refractivity contribution in [3.8, 4) is 5.75 Å². The molecule has 0 aliphatic rings. The maximum Gasteiger partial charge on any atom is 0.116 e. The predicted molar refractivity (Wildman–Crippen MR) is 145 cm³/mol. The summed E-state index contributed by atoms with van der Waals surface area (Å²) < 4.78 is 0. The quantitative estimate of drug-likeness (QED) is 0.216. The van der Waals surface area contributed by atoms with Crippen LogP contribution >= 0.6 is 0 Å². The van der Waals surface area contributed by atoms with Crippen molar-refractivity contribution in [2.24, 2.45) is 0 Å². The van der Waals surface area contributed by atoms with Crippen molar-refractivity contribution >= 4 is 53.9 Å². The molecule has 0 aliphatic carbocycles. The average molecular weight is 437 g/mol. The fourth-order valence-electron chi connectivity index (χ4n) is 6.01. The predicted octanol–water partition coefficient (Wildman–Crippen LogP) is 9.14. The van der Waals surface area contributed by atoms with Crippen LogP contribution in [0.5, 0.6) is 5.75 Å². The number of hydrogen-bond acceptors (Lipinski definition) is 1. The maximum atomic E-state index is 9.85. The van der Waals surface area contributed by atoms with Crippen LogP contribution in [0, 0.1) is 0 Å². The number of aromatic hydroxyl groups is 1. The van der Waals surface area contributed by atoms with E-state index in [1.807, 2.05) is 12.1 Å². The van der Waals surface area contributed by atoms with E-state index in [0.717, 1.165) is 17.2 Å². The molecule has 7 aromatic rings. The Morgan fingerprint density at radius 2 is 1.12 bits per heavy atom. The second kappa shape index (κ2) is 7.20. The zero-order valence-electron chi connectivity index (χ0n) is 19.0. The van der Waals surface area contributed by atoms with Gasteiger partial charge in [-0.15, -0.1) is 0 Å². The molecule has 0 saturated carbocycles. The van der Waals surface area contributed by atoms with Crippen molar-refractivity contribution in [2.45, 2.75) is 19.3 Å². The van der Waals surface area contributed by atoms with E-state index < -0.39 is 0 Å². The molecule has 7 aromatic carbocycles. The van der Waals surface area contributed by atoms with Crippen molar-refractivity contribution < 1.29 is 5.11 Å². The zero-order valence-corrected chi connectivity index (χ0v) is 19.0. The molecule has 0 amide bonds. The van der Waals surface area contributed by atoms with E-state index in [0.29, 0.717) is 11.7 Å². The molecule has 1 heteroatoms. The van der Waals surface area contributed by atoms with Crippen molar-refractivity contribution in [3.63, 3.8) is 0 Å². The van der Waals surface area contributed by atoms with E-state index in [4.69, 9.17) is 0 Å². The smallest absolute Gasteiger partial charge is 0.116 e. The van der Waals surface area contributed by atoms with Crippen LogP contribution in [0.1, 0.15) is 30.4 Å². The summed E-state index contributed by atoms with van der Waals surface area (Å²) in [6.07, 6.45) is 1.02. The Bertz CT molecular complexity index is 1860. The Labute approximate surface area is 198 Å². The van der Waals surface area contributed by atoms with Gasteiger partial charge < -0.3 is 5.11 Å². The summed E-state index contributed by atoms with van der Waals surface area (Å²) in [6.45, 7) is 2.27. The van der Waals surface area contributed by atoms with E-state index in [-0.39, 0.29) is 0 Å². The molecule has 1 unspecified atom stereocenters. The molecule has 0 bridgehead atoms. The van der Waals surface area contributed by atoms with Crippen molar-refractivity contribution in [2.75, 3.05) is 0 Å². The molecular formula is C33H24O. The first-order chi connectivity index (χ1) is 16.7. The minimum atomic E-state index is 0.305. The first-order valence-corrected chi connectivity index (χ1v) is 12.0. The first-order valence-electron chi connectivity index (χ1n) is 12.0. The summed E-state index contributed by atoms with van der Waals surface area (Å²) in [5, 5.41) is 22.8. The third-order valence-corrected chi connectivity index (χ3v) is 7.55. The summed E-state index contributed by atoms with van der Waals surface area (Å²) in [7, 11) is 0. The SMILES string of the molecule is CCC(c1ccc2cc(O)ccc2c1)c1cc2cccc3c4cccc5cccc(c(c1)c23)c54. The zero-order chi connectivity index (χ0) is 22.8. The molecule has 7 rings (SSSR count). The lowest BCUT2D eigenvalue weighted by molar-refractivity contribution is 0.476. The minimum Gasteiger partial charge on any atom is -0.508 e. The van der Waals surface area contributed by atoms with Gasteiger partial charge in [-0.25, -0.2) is 0 Å². The summed E-state index contributed by atoms with van der Waals surface area (Å²) in [4.78, 5) is 0. The van der Waals surface area contributed by atoms with Gasteiger partial charge >= 0.3 is 0 Å². The first kappa shape index (κ1) is 19.4. The minimum absolute atomic E-state index is 0.305. The van der Waals surface area contributed by atoms with Crippen LogP contribution in [0.15, 0.2) is 103 Å². The van der Waals surface area contributed by atoms with Gasteiger partial charge in [0, 0.05) is 5.92 Å². The standard InChI is InChI=1S/C33H24O/c1-2-27(23-13-12-22-18-26(34)15-14-21(22)16-23)25-17-24-8-5-10-29-28-9-3-6-20-7-4-11-30(32(20)28)31(19-25)33(24)29/h3-19,27,34H,2H2,1H3. The van der Waals surface area contributed by atoms with Gasteiger partial charge in [0.1, 0.15) is 5.75 Å². The second-order valence-corrected chi connectivity index (χ2v) is 9.43. The van der Waals surface area contributed by atoms with Crippen LogP contribution in [0.4, 0.5) is 0 Å². The Hall–Kier alpha value is -4.10. The van der Waals surface area contributed by atoms with Crippen LogP contribution in [-0.4, -0.2) is 5.11 Å². The van der Waals surface area contributed by atoms with E-state index in [2.05, 4.69) is 91.9 Å². The highest BCUT2D eigenvalue weighted by Crippen LogP contribution is 2.42. The fourth-order valence-corrected chi connectivity index (χ4v) is 6.01. The van der Waals surface area contributed by atoms with E-state index in [1.54, 1.807) is 6.07 Å². The van der Waals surface area contributed by atoms with Gasteiger partial charge in [0.05, 0.1) is 0 Å². The number of benzene rings is 7. The highest BCUT2D eigenvalue weighted by molar-refractivity contribution is 6.32. The molecule has 0 fully saturated rings. The van der Waals surface area contributed by atoms with Crippen LogP contribution in [0.2, 0.25) is 0 Å². The van der Waals surface area contributed by atoms with E-state index in [1.165, 1.54) is 54.2 Å². The molecule has 0 radical (unpaired) electrons. The summed E-state index contributed by atoms with van der Waals surface area (Å²) in [5.41, 5.74) is 2.68. The van der Waals surface area contributed by atoms with Gasteiger partial charge in [0.2, 0.25) is 0 Å². The van der Waals surface area contributed by atoms with Gasteiger partial charge in [0.25, 0.3) is 0 Å². The van der Waals surface area contributed by atoms with Crippen LogP contribution in [0.3, 0.4) is 0 Å². The molecule has 0 saturated heterocycles. The topological polar surface area (TPSA) is 20.2 Å². The van der Waals surface area contributed by atoms with Crippen LogP contribution < -0.4 is 0 Å². The van der Waals surface area contributed by atoms with E-state index >= 15 is 0 Å². The molecular weight excluding hydrogens is 412 g/mol. The molecule has 1 atom stereocenters. The third kappa shape index (κ3) is 2.74. The highest BCUT2D eigenvalue weighted by atomic mass is 16.3. The van der Waals surface area contributed by atoms with Gasteiger partial charge in [0.15, 0.2) is 0 Å². The molecule has 34 heavy (non-hydrogen) atoms. The fraction of sp³-hybridized carbons (Fsp3) is 0.0909. The van der Waals surface area contributed by atoms with Gasteiger partial charge in [-0.3, -0.25) is 0 Å². The second-order valence-electron chi connectivity index (χ2n) is 9.43. The molecule has 1 nitrogen and oxygen atoms in total. The lowest BCUT2D eigenvalue weighted by Gasteiger charge is -2.20. The molecule has 162 valence electrons. The van der Waals surface area contributed by atoms with Crippen molar-refractivity contribution in [3.05, 3.63) is 114 Å². The Morgan fingerprint density at radius 3 is 1.85 bits per heavy atom. The highest BCUT2D eigenvalue weighted by Gasteiger charge is 2.18. The lowest BCUT2D eigenvalue weighted by atomic mass is 9.83. The molecule has 1 N–H and O–H groups in total. The number of rotatable bonds is 3. The lowest BCUT2D eigenvalue weighted by Crippen LogP contribution is -2.00. The largest absolute Gasteiger partial charge is 0.508 e. The monoisotopic (exact) mass is 436 g/mol. The Morgan fingerprint density at radius 1 is 0.529 bits per heavy atom. The summed E-state index contributed by atoms with van der Waals surface area (Å²) >= 11 is 0. The van der Waals surface area contributed by atoms with E-state index in [9.17, 15) is 5.11 Å². The summed E-state index contributed by atoms with van der Waals surface area (Å²) in [6, 6.07) is 37.1. The molecule has 0 aliphatic heterocycles. The number of hydrogen-bond donors (Lipinski definition) is 1. The molecule has 0 heterocycles. The Balaban J connectivity index is 1.53. The van der Waals surface area contributed by atoms with Gasteiger partial charge in [-0.2, -0.15) is 0 Å². The Kier molecular flexibility index (Phi) is 4.10. The number of fused-ring (bicyclic) bond motifs is 3. The average Bonchev–Trinajstić information content (AvgIpc) is 2.87. The van der Waals surface area contributed by atoms with Crippen molar-refractivity contribution in [1.29, 1.82) is 0 Å². The normalized spacial score (nSPS) is 13.0. The van der Waals surface area contributed by atoms with Gasteiger partial charge in [-0.05, 0) is 89.6 Å². The van der Waals surface area contributed by atoms with Crippen LogP contribution in [-0.2, 0) is 0 Å². The van der Waals surface area contributed by atoms with Crippen LogP contribution in [0.25, 0.3) is 53.9 Å².